The fourth-order valence-electron chi connectivity index (χ4n) is 2.43. The molecule has 1 aliphatic rings. The number of rotatable bonds is 2. The van der Waals surface area contributed by atoms with Gasteiger partial charge in [-0.3, -0.25) is 14.4 Å². The summed E-state index contributed by atoms with van der Waals surface area (Å²) in [6, 6.07) is 14.1. The van der Waals surface area contributed by atoms with Crippen LogP contribution < -0.4 is 0 Å². The molecular weight excluding hydrogens is 308 g/mol. The third-order valence-corrected chi connectivity index (χ3v) is 3.67. The van der Waals surface area contributed by atoms with E-state index < -0.39 is 11.8 Å². The molecule has 0 saturated carbocycles. The number of hydroxylamine groups is 2. The van der Waals surface area contributed by atoms with E-state index >= 15 is 0 Å². The lowest BCUT2D eigenvalue weighted by molar-refractivity contribution is -0.165. The lowest BCUT2D eigenvalue weighted by Crippen LogP contribution is -2.39. The van der Waals surface area contributed by atoms with E-state index in [0.29, 0.717) is 11.1 Å². The number of fused-ring (bicyclic) bond motifs is 1. The Hall–Kier alpha value is -2.99. The van der Waals surface area contributed by atoms with Gasteiger partial charge in [-0.1, -0.05) is 47.1 Å². The topological polar surface area (TPSA) is 68.2 Å². The van der Waals surface area contributed by atoms with Crippen molar-refractivity contribution in [3.05, 3.63) is 70.8 Å². The molecule has 0 atom stereocenters. The van der Waals surface area contributed by atoms with Gasteiger partial charge in [0.15, 0.2) is 5.71 Å². The molecule has 0 fully saturated rings. The van der Waals surface area contributed by atoms with Crippen LogP contribution in [0.1, 0.15) is 27.0 Å². The molecule has 2 aromatic carbocycles. The number of hydrogen-bond donors (Lipinski definition) is 0. The lowest BCUT2D eigenvalue weighted by Gasteiger charge is -2.17. The van der Waals surface area contributed by atoms with Crippen LogP contribution in [0.3, 0.4) is 0 Å². The van der Waals surface area contributed by atoms with Crippen LogP contribution in [0.4, 0.5) is 0 Å². The van der Waals surface area contributed by atoms with Crippen molar-refractivity contribution in [1.82, 2.24) is 5.06 Å². The normalized spacial score (nSPS) is 15.8. The van der Waals surface area contributed by atoms with Gasteiger partial charge in [0.1, 0.15) is 13.7 Å². The first-order valence-electron chi connectivity index (χ1n) is 7.39. The Labute approximate surface area is 139 Å². The summed E-state index contributed by atoms with van der Waals surface area (Å²) < 4.78 is 0. The van der Waals surface area contributed by atoms with Gasteiger partial charge in [-0.15, -0.1) is 5.06 Å². The Morgan fingerprint density at radius 2 is 1.88 bits per heavy atom. The highest BCUT2D eigenvalue weighted by Crippen LogP contribution is 2.20. The zero-order chi connectivity index (χ0) is 17.1. The van der Waals surface area contributed by atoms with E-state index in [0.717, 1.165) is 16.2 Å². The average Bonchev–Trinajstić information content (AvgIpc) is 2.73. The van der Waals surface area contributed by atoms with Gasteiger partial charge < -0.3 is 4.84 Å². The van der Waals surface area contributed by atoms with Gasteiger partial charge in [0, 0.05) is 11.1 Å². The highest BCUT2D eigenvalue weighted by Gasteiger charge is 2.33. The molecule has 0 aromatic heterocycles. The lowest BCUT2D eigenvalue weighted by atomic mass is 10.0. The van der Waals surface area contributed by atoms with Crippen molar-refractivity contribution in [3.63, 3.8) is 0 Å². The van der Waals surface area contributed by atoms with E-state index in [2.05, 4.69) is 5.16 Å². The Morgan fingerprint density at radius 3 is 2.58 bits per heavy atom. The monoisotopic (exact) mass is 324 g/mol. The van der Waals surface area contributed by atoms with Crippen molar-refractivity contribution in [1.29, 1.82) is 0 Å². The molecule has 2 amide bonds. The number of benzene rings is 2. The molecule has 0 N–H and O–H groups in total. The molecule has 0 saturated heterocycles. The Kier molecular flexibility index (Phi) is 4.39. The smallest absolute Gasteiger partial charge is 0.307 e. The summed E-state index contributed by atoms with van der Waals surface area (Å²) in [7, 11) is 1.35. The Morgan fingerprint density at radius 1 is 1.17 bits per heavy atom. The van der Waals surface area contributed by atoms with Crippen LogP contribution in [-0.2, 0) is 21.1 Å². The summed E-state index contributed by atoms with van der Waals surface area (Å²) in [5.74, 6) is -1.20. The summed E-state index contributed by atoms with van der Waals surface area (Å²) in [5, 5.41) is 4.54. The third kappa shape index (κ3) is 2.91. The molecule has 6 heteroatoms. The molecule has 24 heavy (non-hydrogen) atoms. The molecule has 0 bridgehead atoms. The van der Waals surface area contributed by atoms with Crippen LogP contribution >= 0.6 is 0 Å². The predicted octanol–water partition coefficient (Wildman–Crippen LogP) is 2.46. The maximum absolute atomic E-state index is 12.7. The first-order chi connectivity index (χ1) is 11.6. The number of oxime groups is 1. The fraction of sp³-hybridized carbons (Fsp3) is 0.167. The molecule has 3 rings (SSSR count). The standard InChI is InChI=1S/C18H16N2O4/c1-12-7-9-13(10-8-12)17(21)20-18(22)16(19-23-2)15-6-4-3-5-14(15)11-24-20/h3-10H,11H2,1-2H3/b19-16+. The van der Waals surface area contributed by atoms with Gasteiger partial charge in [-0.25, -0.2) is 0 Å². The van der Waals surface area contributed by atoms with Crippen LogP contribution in [0.25, 0.3) is 0 Å². The van der Waals surface area contributed by atoms with Crippen LogP contribution in [0, 0.1) is 6.92 Å². The summed E-state index contributed by atoms with van der Waals surface area (Å²) in [6.45, 7) is 2.00. The first kappa shape index (κ1) is 15.9. The second kappa shape index (κ2) is 6.64. The molecule has 122 valence electrons. The zero-order valence-electron chi connectivity index (χ0n) is 13.4. The fourth-order valence-corrected chi connectivity index (χ4v) is 2.43. The minimum Gasteiger partial charge on any atom is -0.398 e. The van der Waals surface area contributed by atoms with Crippen LogP contribution in [0.5, 0.6) is 0 Å². The second-order valence-electron chi connectivity index (χ2n) is 5.32. The van der Waals surface area contributed by atoms with Crippen molar-refractivity contribution >= 4 is 17.5 Å². The van der Waals surface area contributed by atoms with Crippen LogP contribution in [-0.4, -0.2) is 29.7 Å². The van der Waals surface area contributed by atoms with E-state index in [1.54, 1.807) is 36.4 Å². The number of imide groups is 1. The van der Waals surface area contributed by atoms with Crippen LogP contribution in [0.2, 0.25) is 0 Å². The SMILES string of the molecule is CO/N=C1/C(=O)N(C(=O)c2ccc(C)cc2)OCc2ccccc21. The number of nitrogens with zero attached hydrogens (tertiary/aromatic N) is 2. The Bertz CT molecular complexity index is 812. The number of amides is 2. The highest BCUT2D eigenvalue weighted by molar-refractivity contribution is 6.47. The molecular formula is C18H16N2O4. The quantitative estimate of drug-likeness (QED) is 0.628. The van der Waals surface area contributed by atoms with Crippen molar-refractivity contribution in [2.75, 3.05) is 7.11 Å². The summed E-state index contributed by atoms with van der Waals surface area (Å²) in [4.78, 5) is 35.7. The largest absolute Gasteiger partial charge is 0.398 e. The van der Waals surface area contributed by atoms with Crippen molar-refractivity contribution < 1.29 is 19.3 Å². The number of carbonyl (C=O) groups excluding carboxylic acids is 2. The minimum atomic E-state index is -0.660. The van der Waals surface area contributed by atoms with Gasteiger partial charge in [0.2, 0.25) is 0 Å². The highest BCUT2D eigenvalue weighted by atomic mass is 16.7. The van der Waals surface area contributed by atoms with Gasteiger partial charge in [0.25, 0.3) is 5.91 Å². The van der Waals surface area contributed by atoms with Crippen molar-refractivity contribution in [2.45, 2.75) is 13.5 Å². The predicted molar refractivity (Wildman–Crippen MR) is 87.1 cm³/mol. The maximum Gasteiger partial charge on any atom is 0.307 e. The van der Waals surface area contributed by atoms with Crippen molar-refractivity contribution in [3.8, 4) is 0 Å². The zero-order valence-corrected chi connectivity index (χ0v) is 13.4. The van der Waals surface area contributed by atoms with E-state index in [1.165, 1.54) is 7.11 Å². The second-order valence-corrected chi connectivity index (χ2v) is 5.32. The molecule has 0 aliphatic carbocycles. The third-order valence-electron chi connectivity index (χ3n) is 3.67. The van der Waals surface area contributed by atoms with E-state index in [9.17, 15) is 9.59 Å². The number of aryl methyl sites for hydroxylation is 1. The molecule has 2 aromatic rings. The van der Waals surface area contributed by atoms with E-state index in [4.69, 9.17) is 9.68 Å². The number of hydrogen-bond acceptors (Lipinski definition) is 5. The van der Waals surface area contributed by atoms with Crippen LogP contribution in [0.15, 0.2) is 53.7 Å². The van der Waals surface area contributed by atoms with E-state index in [-0.39, 0.29) is 12.3 Å². The van der Waals surface area contributed by atoms with Gasteiger partial charge in [0.05, 0.1) is 0 Å². The van der Waals surface area contributed by atoms with Gasteiger partial charge in [-0.2, -0.15) is 0 Å². The molecule has 1 heterocycles. The summed E-state index contributed by atoms with van der Waals surface area (Å²) >= 11 is 0. The molecule has 0 unspecified atom stereocenters. The Balaban J connectivity index is 1.99. The minimum absolute atomic E-state index is 0.0334. The van der Waals surface area contributed by atoms with Gasteiger partial charge >= 0.3 is 5.91 Å². The molecule has 1 aliphatic heterocycles. The number of carbonyl (C=O) groups is 2. The first-order valence-corrected chi connectivity index (χ1v) is 7.39. The average molecular weight is 324 g/mol. The molecule has 0 radical (unpaired) electrons. The summed E-state index contributed by atoms with van der Waals surface area (Å²) in [5.41, 5.74) is 2.75. The van der Waals surface area contributed by atoms with Gasteiger partial charge in [-0.05, 0) is 24.6 Å². The molecule has 6 nitrogen and oxygen atoms in total. The van der Waals surface area contributed by atoms with Crippen molar-refractivity contribution in [2.24, 2.45) is 5.16 Å². The molecule has 0 spiro atoms. The maximum atomic E-state index is 12.7. The summed E-state index contributed by atoms with van der Waals surface area (Å²) in [6.07, 6.45) is 0. The van der Waals surface area contributed by atoms with E-state index in [1.807, 2.05) is 19.1 Å².